The van der Waals surface area contributed by atoms with Crippen LogP contribution in [-0.2, 0) is 16.8 Å². The second-order valence-corrected chi connectivity index (χ2v) is 10.7. The molecule has 0 amide bonds. The molecule has 3 rings (SSSR count). The van der Waals surface area contributed by atoms with Crippen molar-refractivity contribution in [2.75, 3.05) is 26.4 Å². The van der Waals surface area contributed by atoms with Gasteiger partial charge in [0.2, 0.25) is 0 Å². The predicted molar refractivity (Wildman–Crippen MR) is 165 cm³/mol. The summed E-state index contributed by atoms with van der Waals surface area (Å²) in [6.07, 6.45) is 0. The van der Waals surface area contributed by atoms with E-state index < -0.39 is 60.4 Å². The SMILES string of the molecule is CC(C)(c1ccc(O)cc1)c1ccc(O)c(-c2ccccc2)c1.O=S(O)O.OCC(CO)(CO)CO.OP(O)O.OP(O)O. The van der Waals surface area contributed by atoms with Gasteiger partial charge in [0, 0.05) is 11.0 Å². The lowest BCUT2D eigenvalue weighted by Gasteiger charge is -2.27. The molecule has 0 saturated heterocycles. The molecule has 15 nitrogen and oxygen atoms in total. The number of aliphatic hydroxyl groups excluding tert-OH is 4. The molecule has 3 aromatic carbocycles. The number of rotatable bonds is 7. The fraction of sp³-hybridized carbons (Fsp3) is 0.308. The van der Waals surface area contributed by atoms with Gasteiger partial charge in [0.05, 0.1) is 31.8 Å². The summed E-state index contributed by atoms with van der Waals surface area (Å²) in [5.74, 6) is 0.543. The van der Waals surface area contributed by atoms with E-state index in [1.807, 2.05) is 54.6 Å². The van der Waals surface area contributed by atoms with Gasteiger partial charge in [-0.1, -0.05) is 62.4 Å². The lowest BCUT2D eigenvalue weighted by atomic mass is 9.77. The molecule has 3 aromatic rings. The van der Waals surface area contributed by atoms with E-state index in [1.165, 1.54) is 0 Å². The van der Waals surface area contributed by atoms with Crippen molar-refractivity contribution in [3.8, 4) is 22.6 Å². The molecule has 0 atom stereocenters. The molecule has 18 heteroatoms. The van der Waals surface area contributed by atoms with Gasteiger partial charge in [0.15, 0.2) is 0 Å². The lowest BCUT2D eigenvalue weighted by Crippen LogP contribution is -2.37. The van der Waals surface area contributed by atoms with Crippen LogP contribution in [-0.4, -0.2) is 99.7 Å². The lowest BCUT2D eigenvalue weighted by molar-refractivity contribution is -0.0328. The number of phenolic OH excluding ortho intramolecular Hbond substituents is 2. The van der Waals surface area contributed by atoms with E-state index in [1.54, 1.807) is 18.2 Å². The van der Waals surface area contributed by atoms with E-state index in [4.69, 9.17) is 63.1 Å². The van der Waals surface area contributed by atoms with Crippen LogP contribution >= 0.6 is 17.2 Å². The van der Waals surface area contributed by atoms with Crippen LogP contribution in [0.5, 0.6) is 11.5 Å². The van der Waals surface area contributed by atoms with Gasteiger partial charge >= 0.3 is 17.2 Å². The summed E-state index contributed by atoms with van der Waals surface area (Å²) in [6, 6.07) is 22.9. The summed E-state index contributed by atoms with van der Waals surface area (Å²) in [7, 11) is -5.24. The molecule has 0 aliphatic heterocycles. The molecule has 0 bridgehead atoms. The van der Waals surface area contributed by atoms with Crippen LogP contribution in [0.15, 0.2) is 72.8 Å². The molecule has 0 fully saturated rings. The molecule has 0 heterocycles. The fourth-order valence-corrected chi connectivity index (χ4v) is 3.12. The summed E-state index contributed by atoms with van der Waals surface area (Å²) in [5.41, 5.74) is 2.70. The van der Waals surface area contributed by atoms with E-state index in [-0.39, 0.29) is 16.9 Å². The highest BCUT2D eigenvalue weighted by atomic mass is 32.2. The van der Waals surface area contributed by atoms with Crippen molar-refractivity contribution in [2.24, 2.45) is 5.41 Å². The van der Waals surface area contributed by atoms with Gasteiger partial charge in [-0.2, -0.15) is 4.21 Å². The summed E-state index contributed by atoms with van der Waals surface area (Å²) in [4.78, 5) is 43.4. The second kappa shape index (κ2) is 23.2. The Bertz CT molecular complexity index is 1150. The van der Waals surface area contributed by atoms with Crippen LogP contribution in [0.2, 0.25) is 0 Å². The average Bonchev–Trinajstić information content (AvgIpc) is 2.95. The zero-order chi connectivity index (χ0) is 34.5. The van der Waals surface area contributed by atoms with Crippen molar-refractivity contribution in [2.45, 2.75) is 19.3 Å². The fourth-order valence-electron chi connectivity index (χ4n) is 3.12. The van der Waals surface area contributed by atoms with Gasteiger partial charge < -0.3 is 60.0 Å². The van der Waals surface area contributed by atoms with E-state index in [2.05, 4.69) is 13.8 Å². The highest BCUT2D eigenvalue weighted by Gasteiger charge is 2.26. The molecular weight excluding hydrogens is 646 g/mol. The molecule has 250 valence electrons. The van der Waals surface area contributed by atoms with Gasteiger partial charge in [-0.15, -0.1) is 0 Å². The van der Waals surface area contributed by atoms with Crippen molar-refractivity contribution in [3.63, 3.8) is 0 Å². The third kappa shape index (κ3) is 18.6. The van der Waals surface area contributed by atoms with E-state index in [9.17, 15) is 10.2 Å². The zero-order valence-electron chi connectivity index (χ0n) is 23.7. The van der Waals surface area contributed by atoms with Gasteiger partial charge in [0.1, 0.15) is 11.5 Å². The Labute approximate surface area is 259 Å². The quantitative estimate of drug-likeness (QED) is 0.122. The minimum absolute atomic E-state index is 0.231. The maximum absolute atomic E-state index is 10.2. The molecule has 0 radical (unpaired) electrons. The molecule has 0 unspecified atom stereocenters. The normalized spacial score (nSPS) is 10.8. The van der Waals surface area contributed by atoms with E-state index >= 15 is 0 Å². The van der Waals surface area contributed by atoms with Crippen LogP contribution in [0.25, 0.3) is 11.1 Å². The maximum atomic E-state index is 10.2. The maximum Gasteiger partial charge on any atom is 0.324 e. The van der Waals surface area contributed by atoms with Crippen LogP contribution in [0.4, 0.5) is 0 Å². The minimum Gasteiger partial charge on any atom is -0.508 e. The topological polar surface area (TPSA) is 300 Å². The Morgan fingerprint density at radius 3 is 1.34 bits per heavy atom. The Morgan fingerprint density at radius 2 is 1.00 bits per heavy atom. The largest absolute Gasteiger partial charge is 0.508 e. The Morgan fingerprint density at radius 1 is 0.636 bits per heavy atom. The van der Waals surface area contributed by atoms with Gasteiger partial charge in [-0.05, 0) is 41.0 Å². The minimum atomic E-state index is -2.62. The van der Waals surface area contributed by atoms with Crippen molar-refractivity contribution in [3.05, 3.63) is 83.9 Å². The first-order valence-electron chi connectivity index (χ1n) is 12.1. The zero-order valence-corrected chi connectivity index (χ0v) is 26.3. The molecular formula is C26H40O15P2S. The van der Waals surface area contributed by atoms with Crippen molar-refractivity contribution in [1.82, 2.24) is 0 Å². The van der Waals surface area contributed by atoms with Crippen LogP contribution in [0.3, 0.4) is 0 Å². The summed E-state index contributed by atoms with van der Waals surface area (Å²) in [5, 5.41) is 53.7. The summed E-state index contributed by atoms with van der Waals surface area (Å²) >= 11 is -2.61. The number of hydrogen-bond donors (Lipinski definition) is 14. The highest BCUT2D eigenvalue weighted by Crippen LogP contribution is 2.37. The third-order valence-electron chi connectivity index (χ3n) is 5.73. The Kier molecular flexibility index (Phi) is 23.1. The molecule has 0 aromatic heterocycles. The van der Waals surface area contributed by atoms with Crippen LogP contribution in [0, 0.1) is 5.41 Å². The molecule has 44 heavy (non-hydrogen) atoms. The standard InChI is InChI=1S/C21H20O2.C5H12O4.2H3O3P.H2O3S/c1-21(2,16-8-11-18(22)12-9-16)17-10-13-20(23)19(14-17)15-6-4-3-5-7-15;6-1-5(2-7,3-8)4-9;3*1-4(2)3/h3-14,22-23H,1-2H3;6-9H,1-4H2;2*1-3H;(H2,1,2,3). The number of aromatic hydroxyl groups is 2. The first kappa shape index (κ1) is 43.9. The number of hydrogen-bond acceptors (Lipinski definition) is 13. The summed E-state index contributed by atoms with van der Waals surface area (Å²) in [6.45, 7) is 2.65. The Hall–Kier alpha value is -2.21. The van der Waals surface area contributed by atoms with Crippen molar-refractivity contribution >= 4 is 28.6 Å². The first-order chi connectivity index (χ1) is 20.4. The average molecular weight is 687 g/mol. The summed E-state index contributed by atoms with van der Waals surface area (Å²) < 4.78 is 22.8. The number of phenols is 2. The second-order valence-electron chi connectivity index (χ2n) is 9.17. The van der Waals surface area contributed by atoms with Gasteiger partial charge in [0.25, 0.3) is 11.4 Å². The van der Waals surface area contributed by atoms with Crippen LogP contribution < -0.4 is 0 Å². The predicted octanol–water partition coefficient (Wildman–Crippen LogP) is 1.09. The third-order valence-corrected chi connectivity index (χ3v) is 5.73. The number of aliphatic hydroxyl groups is 4. The molecule has 0 spiro atoms. The molecule has 14 N–H and O–H groups in total. The van der Waals surface area contributed by atoms with Crippen molar-refractivity contribution in [1.29, 1.82) is 0 Å². The van der Waals surface area contributed by atoms with Crippen LogP contribution in [0.1, 0.15) is 25.0 Å². The smallest absolute Gasteiger partial charge is 0.324 e. The number of benzene rings is 3. The van der Waals surface area contributed by atoms with Gasteiger partial charge in [-0.3, -0.25) is 9.11 Å². The molecule has 0 aliphatic rings. The monoisotopic (exact) mass is 686 g/mol. The first-order valence-corrected chi connectivity index (χ1v) is 15.5. The highest BCUT2D eigenvalue weighted by molar-refractivity contribution is 7.73. The van der Waals surface area contributed by atoms with E-state index in [0.717, 1.165) is 22.3 Å². The van der Waals surface area contributed by atoms with Crippen molar-refractivity contribution < 1.29 is 73.3 Å². The Balaban J connectivity index is 0. The van der Waals surface area contributed by atoms with Gasteiger partial charge in [-0.25, -0.2) is 0 Å². The molecule has 0 aliphatic carbocycles. The molecule has 0 saturated carbocycles. The van der Waals surface area contributed by atoms with E-state index in [0.29, 0.717) is 0 Å².